The lowest BCUT2D eigenvalue weighted by molar-refractivity contribution is 0.0692. The van der Waals surface area contributed by atoms with Gasteiger partial charge in [-0.15, -0.1) is 0 Å². The lowest BCUT2D eigenvalue weighted by Gasteiger charge is -2.13. The molecule has 0 fully saturated rings. The molecule has 0 bridgehead atoms. The molecule has 1 aliphatic rings. The molecule has 0 spiro atoms. The lowest BCUT2D eigenvalue weighted by atomic mass is 9.99. The Morgan fingerprint density at radius 2 is 2.33 bits per heavy atom. The largest absolute Gasteiger partial charge is 0.476 e. The van der Waals surface area contributed by atoms with E-state index < -0.39 is 5.97 Å². The Bertz CT molecular complexity index is 643. The molecule has 3 rings (SSSR count). The van der Waals surface area contributed by atoms with Crippen molar-refractivity contribution < 1.29 is 14.6 Å². The molecule has 92 valence electrons. The summed E-state index contributed by atoms with van der Waals surface area (Å²) in [5, 5.41) is 16.2. The molecule has 0 aliphatic carbocycles. The number of nitrogens with one attached hydrogen (secondary N) is 1. The van der Waals surface area contributed by atoms with Gasteiger partial charge in [0.05, 0.1) is 18.7 Å². The summed E-state index contributed by atoms with van der Waals surface area (Å²) >= 11 is 0. The lowest BCUT2D eigenvalue weighted by Crippen LogP contribution is -2.03. The maximum absolute atomic E-state index is 11.0. The Morgan fingerprint density at radius 3 is 3.06 bits per heavy atom. The van der Waals surface area contributed by atoms with Crippen molar-refractivity contribution >= 4 is 22.4 Å². The van der Waals surface area contributed by atoms with Crippen LogP contribution >= 0.6 is 0 Å². The molecular formula is C13H12N2O3. The van der Waals surface area contributed by atoms with Crippen LogP contribution in [0.2, 0.25) is 0 Å². The molecule has 2 aromatic rings. The summed E-state index contributed by atoms with van der Waals surface area (Å²) in [7, 11) is 0. The van der Waals surface area contributed by atoms with Crippen LogP contribution < -0.4 is 0 Å². The van der Waals surface area contributed by atoms with Crippen molar-refractivity contribution in [3.63, 3.8) is 0 Å². The Morgan fingerprint density at radius 1 is 1.44 bits per heavy atom. The number of aromatic amines is 1. The summed E-state index contributed by atoms with van der Waals surface area (Å²) in [5.74, 6) is -1.01. The number of aromatic carboxylic acids is 1. The molecule has 0 saturated heterocycles. The number of carboxylic acid groups (broad SMARTS) is 1. The molecule has 5 heteroatoms. The molecule has 2 heterocycles. The van der Waals surface area contributed by atoms with Gasteiger partial charge >= 0.3 is 5.97 Å². The van der Waals surface area contributed by atoms with Crippen LogP contribution in [0.25, 0.3) is 16.5 Å². The van der Waals surface area contributed by atoms with Crippen LogP contribution in [-0.2, 0) is 4.74 Å². The van der Waals surface area contributed by atoms with E-state index in [1.807, 2.05) is 24.3 Å². The van der Waals surface area contributed by atoms with E-state index in [-0.39, 0.29) is 5.69 Å². The van der Waals surface area contributed by atoms with E-state index >= 15 is 0 Å². The van der Waals surface area contributed by atoms with Crippen LogP contribution in [0.15, 0.2) is 24.3 Å². The van der Waals surface area contributed by atoms with Crippen molar-refractivity contribution in [3.05, 3.63) is 35.5 Å². The fraction of sp³-hybridized carbons (Fsp3) is 0.231. The number of ether oxygens (including phenoxy) is 1. The third kappa shape index (κ3) is 1.78. The quantitative estimate of drug-likeness (QED) is 0.847. The van der Waals surface area contributed by atoms with Gasteiger partial charge in [0, 0.05) is 5.39 Å². The highest BCUT2D eigenvalue weighted by Crippen LogP contribution is 2.25. The molecule has 5 nitrogen and oxygen atoms in total. The van der Waals surface area contributed by atoms with Crippen molar-refractivity contribution in [1.82, 2.24) is 10.2 Å². The first kappa shape index (κ1) is 11.0. The van der Waals surface area contributed by atoms with Gasteiger partial charge in [0.15, 0.2) is 5.69 Å². The van der Waals surface area contributed by atoms with Crippen LogP contribution in [-0.4, -0.2) is 34.5 Å². The van der Waals surface area contributed by atoms with E-state index in [9.17, 15) is 4.79 Å². The van der Waals surface area contributed by atoms with Crippen LogP contribution in [0.4, 0.5) is 0 Å². The Hall–Kier alpha value is -2.14. The van der Waals surface area contributed by atoms with Crippen LogP contribution in [0.5, 0.6) is 0 Å². The summed E-state index contributed by atoms with van der Waals surface area (Å²) in [6.07, 6.45) is 2.89. The minimum atomic E-state index is -1.01. The van der Waals surface area contributed by atoms with Crippen LogP contribution in [0.1, 0.15) is 22.5 Å². The van der Waals surface area contributed by atoms with Crippen molar-refractivity contribution in [2.75, 3.05) is 13.2 Å². The van der Waals surface area contributed by atoms with E-state index in [1.165, 1.54) is 5.57 Å². The predicted molar refractivity (Wildman–Crippen MR) is 66.5 cm³/mol. The topological polar surface area (TPSA) is 75.2 Å². The van der Waals surface area contributed by atoms with E-state index in [2.05, 4.69) is 10.2 Å². The number of hydrogen-bond donors (Lipinski definition) is 2. The summed E-state index contributed by atoms with van der Waals surface area (Å²) in [4.78, 5) is 11.0. The first-order chi connectivity index (χ1) is 8.75. The van der Waals surface area contributed by atoms with Gasteiger partial charge in [-0.05, 0) is 29.7 Å². The number of carboxylic acids is 1. The van der Waals surface area contributed by atoms with Gasteiger partial charge < -0.3 is 9.84 Å². The zero-order valence-corrected chi connectivity index (χ0v) is 9.64. The van der Waals surface area contributed by atoms with E-state index in [4.69, 9.17) is 9.84 Å². The summed E-state index contributed by atoms with van der Waals surface area (Å²) in [6.45, 7) is 1.32. The standard InChI is InChI=1S/C13H12N2O3/c16-13(17)12-10-7-9(1-2-11(10)14-15-12)8-3-5-18-6-4-8/h1-3,7H,4-6H2,(H,14,15)(H,16,17). The number of benzene rings is 1. The van der Waals surface area contributed by atoms with Crippen LogP contribution in [0.3, 0.4) is 0 Å². The highest BCUT2D eigenvalue weighted by Gasteiger charge is 2.14. The number of aromatic nitrogens is 2. The average molecular weight is 244 g/mol. The van der Waals surface area contributed by atoms with Gasteiger partial charge in [-0.3, -0.25) is 5.10 Å². The van der Waals surface area contributed by atoms with E-state index in [1.54, 1.807) is 0 Å². The van der Waals surface area contributed by atoms with Crippen molar-refractivity contribution in [2.45, 2.75) is 6.42 Å². The third-order valence-corrected chi connectivity index (χ3v) is 3.10. The maximum atomic E-state index is 11.0. The van der Waals surface area contributed by atoms with Gasteiger partial charge in [-0.25, -0.2) is 4.79 Å². The minimum absolute atomic E-state index is 0.0690. The maximum Gasteiger partial charge on any atom is 0.357 e. The normalized spacial score (nSPS) is 15.7. The van der Waals surface area contributed by atoms with Crippen molar-refractivity contribution in [1.29, 1.82) is 0 Å². The summed E-state index contributed by atoms with van der Waals surface area (Å²) in [5.41, 5.74) is 3.04. The average Bonchev–Trinajstić information content (AvgIpc) is 2.82. The highest BCUT2D eigenvalue weighted by molar-refractivity contribution is 6.01. The summed E-state index contributed by atoms with van der Waals surface area (Å²) < 4.78 is 5.27. The second kappa shape index (κ2) is 4.27. The molecular weight excluding hydrogens is 232 g/mol. The second-order valence-corrected chi connectivity index (χ2v) is 4.19. The van der Waals surface area contributed by atoms with Crippen molar-refractivity contribution in [3.8, 4) is 0 Å². The van der Waals surface area contributed by atoms with Gasteiger partial charge in [0.1, 0.15) is 0 Å². The van der Waals surface area contributed by atoms with Crippen LogP contribution in [0, 0.1) is 0 Å². The number of fused-ring (bicyclic) bond motifs is 1. The Balaban J connectivity index is 2.11. The Labute approximate surface area is 103 Å². The smallest absolute Gasteiger partial charge is 0.357 e. The van der Waals surface area contributed by atoms with Crippen molar-refractivity contribution in [2.24, 2.45) is 0 Å². The first-order valence-electron chi connectivity index (χ1n) is 5.74. The zero-order valence-electron chi connectivity index (χ0n) is 9.64. The number of nitrogens with zero attached hydrogens (tertiary/aromatic N) is 1. The molecule has 0 unspecified atom stereocenters. The number of hydrogen-bond acceptors (Lipinski definition) is 3. The third-order valence-electron chi connectivity index (χ3n) is 3.10. The molecule has 0 saturated carbocycles. The summed E-state index contributed by atoms with van der Waals surface area (Å²) in [6, 6.07) is 5.71. The number of rotatable bonds is 2. The van der Waals surface area contributed by atoms with E-state index in [0.29, 0.717) is 18.6 Å². The number of H-pyrrole nitrogens is 1. The highest BCUT2D eigenvalue weighted by atomic mass is 16.5. The van der Waals surface area contributed by atoms with Gasteiger partial charge in [0.2, 0.25) is 0 Å². The molecule has 2 N–H and O–H groups in total. The minimum Gasteiger partial charge on any atom is -0.476 e. The van der Waals surface area contributed by atoms with Gasteiger partial charge in [0.25, 0.3) is 0 Å². The number of carbonyl (C=O) groups is 1. The fourth-order valence-corrected chi connectivity index (χ4v) is 2.17. The molecule has 0 amide bonds. The molecule has 0 atom stereocenters. The Kier molecular flexibility index (Phi) is 2.60. The molecule has 18 heavy (non-hydrogen) atoms. The zero-order chi connectivity index (χ0) is 12.5. The second-order valence-electron chi connectivity index (χ2n) is 4.19. The SMILES string of the molecule is O=C(O)c1n[nH]c2ccc(C3=CCOCC3)cc12. The first-order valence-corrected chi connectivity index (χ1v) is 5.74. The molecule has 1 aliphatic heterocycles. The van der Waals surface area contributed by atoms with Gasteiger partial charge in [-0.2, -0.15) is 5.10 Å². The van der Waals surface area contributed by atoms with E-state index in [0.717, 1.165) is 17.5 Å². The van der Waals surface area contributed by atoms with Gasteiger partial charge in [-0.1, -0.05) is 12.1 Å². The fourth-order valence-electron chi connectivity index (χ4n) is 2.17. The molecule has 1 aromatic heterocycles. The predicted octanol–water partition coefficient (Wildman–Crippen LogP) is 2.06. The molecule has 1 aromatic carbocycles. The monoisotopic (exact) mass is 244 g/mol. The molecule has 0 radical (unpaired) electrons.